The Morgan fingerprint density at radius 1 is 1.17 bits per heavy atom. The summed E-state index contributed by atoms with van der Waals surface area (Å²) in [6.45, 7) is 2.17. The lowest BCUT2D eigenvalue weighted by Crippen LogP contribution is -2.09. The lowest BCUT2D eigenvalue weighted by Gasteiger charge is -2.19. The smallest absolute Gasteiger partial charge is 0.0511 e. The SMILES string of the molecule is CCC(Nc1cccc(Cl)c1)c1cccc(Br)c1. The first-order valence-electron chi connectivity index (χ1n) is 5.96. The Hall–Kier alpha value is -0.990. The van der Waals surface area contributed by atoms with Gasteiger partial charge in [-0.15, -0.1) is 0 Å². The molecule has 0 spiro atoms. The van der Waals surface area contributed by atoms with Crippen LogP contribution in [0.15, 0.2) is 53.0 Å². The van der Waals surface area contributed by atoms with Crippen LogP contribution in [-0.2, 0) is 0 Å². The third-order valence-electron chi connectivity index (χ3n) is 2.82. The summed E-state index contributed by atoms with van der Waals surface area (Å²) in [5.74, 6) is 0. The number of nitrogens with one attached hydrogen (secondary N) is 1. The zero-order valence-corrected chi connectivity index (χ0v) is 12.5. The Morgan fingerprint density at radius 3 is 2.61 bits per heavy atom. The molecule has 1 unspecified atom stereocenters. The topological polar surface area (TPSA) is 12.0 Å². The number of rotatable bonds is 4. The molecular formula is C15H15BrClN. The van der Waals surface area contributed by atoms with Crippen molar-refractivity contribution in [1.82, 2.24) is 0 Å². The van der Waals surface area contributed by atoms with Crippen LogP contribution in [-0.4, -0.2) is 0 Å². The van der Waals surface area contributed by atoms with Crippen molar-refractivity contribution < 1.29 is 0 Å². The van der Waals surface area contributed by atoms with Crippen molar-refractivity contribution in [2.24, 2.45) is 0 Å². The van der Waals surface area contributed by atoms with Gasteiger partial charge in [0.05, 0.1) is 6.04 Å². The summed E-state index contributed by atoms with van der Waals surface area (Å²) in [6.07, 6.45) is 1.02. The molecule has 0 amide bonds. The molecule has 0 saturated carbocycles. The van der Waals surface area contributed by atoms with E-state index in [1.165, 1.54) is 5.56 Å². The maximum Gasteiger partial charge on any atom is 0.0511 e. The molecule has 0 heterocycles. The Bertz CT molecular complexity index is 527. The summed E-state index contributed by atoms with van der Waals surface area (Å²) in [4.78, 5) is 0. The fourth-order valence-electron chi connectivity index (χ4n) is 1.92. The van der Waals surface area contributed by atoms with Gasteiger partial charge in [-0.1, -0.05) is 52.7 Å². The fourth-order valence-corrected chi connectivity index (χ4v) is 2.53. The van der Waals surface area contributed by atoms with E-state index in [4.69, 9.17) is 11.6 Å². The van der Waals surface area contributed by atoms with E-state index in [0.717, 1.165) is 21.6 Å². The van der Waals surface area contributed by atoms with Crippen LogP contribution in [0.1, 0.15) is 24.9 Å². The molecule has 2 aromatic rings. The molecule has 0 aliphatic heterocycles. The lowest BCUT2D eigenvalue weighted by molar-refractivity contribution is 0.749. The molecule has 3 heteroatoms. The van der Waals surface area contributed by atoms with Gasteiger partial charge in [-0.2, -0.15) is 0 Å². The standard InChI is InChI=1S/C15H15BrClN/c1-2-15(11-5-3-6-12(16)9-11)18-14-8-4-7-13(17)10-14/h3-10,15,18H,2H2,1H3. The average molecular weight is 325 g/mol. The van der Waals surface area contributed by atoms with E-state index < -0.39 is 0 Å². The van der Waals surface area contributed by atoms with Crippen LogP contribution in [0.2, 0.25) is 5.02 Å². The maximum atomic E-state index is 6.00. The third kappa shape index (κ3) is 3.50. The Morgan fingerprint density at radius 2 is 1.94 bits per heavy atom. The minimum absolute atomic E-state index is 0.293. The molecule has 0 aromatic heterocycles. The van der Waals surface area contributed by atoms with Crippen LogP contribution < -0.4 is 5.32 Å². The van der Waals surface area contributed by atoms with Gasteiger partial charge >= 0.3 is 0 Å². The van der Waals surface area contributed by atoms with Gasteiger partial charge in [0, 0.05) is 15.2 Å². The van der Waals surface area contributed by atoms with Crippen molar-refractivity contribution in [1.29, 1.82) is 0 Å². The second-order valence-corrected chi connectivity index (χ2v) is 5.52. The lowest BCUT2D eigenvalue weighted by atomic mass is 10.0. The second-order valence-electron chi connectivity index (χ2n) is 4.17. The summed E-state index contributed by atoms with van der Waals surface area (Å²) >= 11 is 9.50. The van der Waals surface area contributed by atoms with E-state index in [-0.39, 0.29) is 0 Å². The Kier molecular flexibility index (Phi) is 4.67. The number of benzene rings is 2. The van der Waals surface area contributed by atoms with Crippen molar-refractivity contribution in [3.05, 3.63) is 63.6 Å². The van der Waals surface area contributed by atoms with Gasteiger partial charge in [-0.25, -0.2) is 0 Å². The van der Waals surface area contributed by atoms with Gasteiger partial charge in [-0.05, 0) is 42.3 Å². The van der Waals surface area contributed by atoms with Crippen LogP contribution in [0, 0.1) is 0 Å². The summed E-state index contributed by atoms with van der Waals surface area (Å²) in [6, 6.07) is 16.5. The Balaban J connectivity index is 2.19. The maximum absolute atomic E-state index is 6.00. The number of anilines is 1. The minimum atomic E-state index is 0.293. The molecular weight excluding hydrogens is 310 g/mol. The molecule has 1 atom stereocenters. The van der Waals surface area contributed by atoms with Crippen LogP contribution in [0.4, 0.5) is 5.69 Å². The highest BCUT2D eigenvalue weighted by atomic mass is 79.9. The number of hydrogen-bond acceptors (Lipinski definition) is 1. The largest absolute Gasteiger partial charge is 0.378 e. The highest BCUT2D eigenvalue weighted by Crippen LogP contribution is 2.26. The van der Waals surface area contributed by atoms with Crippen LogP contribution in [0.25, 0.3) is 0 Å². The van der Waals surface area contributed by atoms with Gasteiger partial charge in [0.15, 0.2) is 0 Å². The molecule has 0 radical (unpaired) electrons. The molecule has 0 saturated heterocycles. The first-order valence-corrected chi connectivity index (χ1v) is 7.13. The van der Waals surface area contributed by atoms with E-state index >= 15 is 0 Å². The summed E-state index contributed by atoms with van der Waals surface area (Å²) in [5.41, 5.74) is 2.32. The van der Waals surface area contributed by atoms with Crippen molar-refractivity contribution in [2.75, 3.05) is 5.32 Å². The summed E-state index contributed by atoms with van der Waals surface area (Å²) in [5, 5.41) is 4.26. The predicted molar refractivity (Wildman–Crippen MR) is 82.2 cm³/mol. The molecule has 94 valence electrons. The van der Waals surface area contributed by atoms with E-state index in [9.17, 15) is 0 Å². The molecule has 0 fully saturated rings. The normalized spacial score (nSPS) is 12.2. The molecule has 0 bridgehead atoms. The zero-order valence-electron chi connectivity index (χ0n) is 10.2. The van der Waals surface area contributed by atoms with Crippen LogP contribution in [0.3, 0.4) is 0 Å². The predicted octanol–water partition coefficient (Wildman–Crippen LogP) is 5.67. The van der Waals surface area contributed by atoms with E-state index in [1.807, 2.05) is 30.3 Å². The van der Waals surface area contributed by atoms with Crippen molar-refractivity contribution >= 4 is 33.2 Å². The molecule has 1 N–H and O–H groups in total. The second kappa shape index (κ2) is 6.26. The third-order valence-corrected chi connectivity index (χ3v) is 3.55. The monoisotopic (exact) mass is 323 g/mol. The van der Waals surface area contributed by atoms with Gasteiger partial charge in [0.25, 0.3) is 0 Å². The fraction of sp³-hybridized carbons (Fsp3) is 0.200. The first-order chi connectivity index (χ1) is 8.69. The summed E-state index contributed by atoms with van der Waals surface area (Å²) < 4.78 is 1.10. The zero-order chi connectivity index (χ0) is 13.0. The minimum Gasteiger partial charge on any atom is -0.378 e. The van der Waals surface area contributed by atoms with Crippen LogP contribution in [0.5, 0.6) is 0 Å². The van der Waals surface area contributed by atoms with Gasteiger partial charge in [0.2, 0.25) is 0 Å². The van der Waals surface area contributed by atoms with Crippen LogP contribution >= 0.6 is 27.5 Å². The molecule has 18 heavy (non-hydrogen) atoms. The molecule has 1 nitrogen and oxygen atoms in total. The van der Waals surface area contributed by atoms with E-state index in [2.05, 4.69) is 46.4 Å². The Labute approximate surface area is 121 Å². The highest BCUT2D eigenvalue weighted by Gasteiger charge is 2.09. The van der Waals surface area contributed by atoms with Gasteiger partial charge in [-0.3, -0.25) is 0 Å². The highest BCUT2D eigenvalue weighted by molar-refractivity contribution is 9.10. The van der Waals surface area contributed by atoms with Crippen molar-refractivity contribution in [3.63, 3.8) is 0 Å². The number of hydrogen-bond donors (Lipinski definition) is 1. The van der Waals surface area contributed by atoms with Crippen molar-refractivity contribution in [2.45, 2.75) is 19.4 Å². The molecule has 0 aliphatic rings. The van der Waals surface area contributed by atoms with Gasteiger partial charge < -0.3 is 5.32 Å². The average Bonchev–Trinajstić information content (AvgIpc) is 2.36. The summed E-state index contributed by atoms with van der Waals surface area (Å²) in [7, 11) is 0. The first kappa shape index (κ1) is 13.4. The van der Waals surface area contributed by atoms with Gasteiger partial charge in [0.1, 0.15) is 0 Å². The van der Waals surface area contributed by atoms with E-state index in [1.54, 1.807) is 0 Å². The quantitative estimate of drug-likeness (QED) is 0.764. The molecule has 0 aliphatic carbocycles. The van der Waals surface area contributed by atoms with E-state index in [0.29, 0.717) is 6.04 Å². The molecule has 2 rings (SSSR count). The van der Waals surface area contributed by atoms with Crippen molar-refractivity contribution in [3.8, 4) is 0 Å². The molecule has 2 aromatic carbocycles. The number of halogens is 2.